The van der Waals surface area contributed by atoms with E-state index in [1.807, 2.05) is 36.5 Å². The monoisotopic (exact) mass is 213 g/mol. The zero-order chi connectivity index (χ0) is 11.1. The average molecular weight is 213 g/mol. The maximum absolute atomic E-state index is 10.8. The van der Waals surface area contributed by atoms with Crippen LogP contribution < -0.4 is 0 Å². The van der Waals surface area contributed by atoms with Gasteiger partial charge in [-0.3, -0.25) is 9.78 Å². The summed E-state index contributed by atoms with van der Waals surface area (Å²) in [4.78, 5) is 15.1. The summed E-state index contributed by atoms with van der Waals surface area (Å²) in [6.45, 7) is 0. The van der Waals surface area contributed by atoms with Gasteiger partial charge in [0.1, 0.15) is 0 Å². The van der Waals surface area contributed by atoms with Crippen molar-refractivity contribution in [3.63, 3.8) is 0 Å². The molecule has 3 nitrogen and oxygen atoms in total. The molecule has 0 saturated heterocycles. The Hall–Kier alpha value is -1.90. The third-order valence-corrected chi connectivity index (χ3v) is 3.14. The first-order valence-corrected chi connectivity index (χ1v) is 5.33. The molecule has 1 aliphatic carbocycles. The minimum Gasteiger partial charge on any atom is -0.481 e. The van der Waals surface area contributed by atoms with Crippen LogP contribution in [0.3, 0.4) is 0 Å². The fourth-order valence-corrected chi connectivity index (χ4v) is 2.10. The highest BCUT2D eigenvalue weighted by molar-refractivity contribution is 5.82. The molecule has 0 radical (unpaired) electrons. The lowest BCUT2D eigenvalue weighted by molar-refractivity contribution is -0.138. The van der Waals surface area contributed by atoms with Gasteiger partial charge in [-0.1, -0.05) is 24.3 Å². The van der Waals surface area contributed by atoms with Crippen molar-refractivity contribution >= 4 is 16.7 Å². The normalized spacial score (nSPS) is 23.2. The Morgan fingerprint density at radius 2 is 2.06 bits per heavy atom. The molecule has 2 aromatic rings. The molecule has 1 saturated carbocycles. The third kappa shape index (κ3) is 1.45. The standard InChI is InChI=1S/C13H11NO2/c15-13(16)11-6-10(11)12-5-8-3-1-2-4-9(8)7-14-12/h1-5,7,10-11H,6H2,(H,15,16)/t10-,11-/m1/s1. The lowest BCUT2D eigenvalue weighted by Crippen LogP contribution is -1.99. The fraction of sp³-hybridized carbons (Fsp3) is 0.231. The molecule has 1 heterocycles. The molecule has 1 aromatic heterocycles. The van der Waals surface area contributed by atoms with Gasteiger partial charge in [0.2, 0.25) is 0 Å². The van der Waals surface area contributed by atoms with Crippen LogP contribution >= 0.6 is 0 Å². The van der Waals surface area contributed by atoms with E-state index in [2.05, 4.69) is 4.98 Å². The molecule has 80 valence electrons. The maximum Gasteiger partial charge on any atom is 0.307 e. The topological polar surface area (TPSA) is 50.2 Å². The summed E-state index contributed by atoms with van der Waals surface area (Å²) < 4.78 is 0. The van der Waals surface area contributed by atoms with Crippen LogP contribution in [0.15, 0.2) is 36.5 Å². The van der Waals surface area contributed by atoms with E-state index >= 15 is 0 Å². The summed E-state index contributed by atoms with van der Waals surface area (Å²) in [6.07, 6.45) is 2.54. The summed E-state index contributed by atoms with van der Waals surface area (Å²) in [7, 11) is 0. The van der Waals surface area contributed by atoms with E-state index in [1.165, 1.54) is 0 Å². The zero-order valence-electron chi connectivity index (χ0n) is 8.63. The Bertz CT molecular complexity index is 565. The van der Waals surface area contributed by atoms with E-state index in [1.54, 1.807) is 0 Å². The number of aliphatic carboxylic acids is 1. The van der Waals surface area contributed by atoms with Gasteiger partial charge in [-0.25, -0.2) is 0 Å². The Balaban J connectivity index is 1.98. The first kappa shape index (κ1) is 9.33. The number of carboxylic acid groups (broad SMARTS) is 1. The van der Waals surface area contributed by atoms with Gasteiger partial charge in [0.05, 0.1) is 5.92 Å². The zero-order valence-corrected chi connectivity index (χ0v) is 8.63. The van der Waals surface area contributed by atoms with Gasteiger partial charge in [-0.05, 0) is 17.9 Å². The summed E-state index contributed by atoms with van der Waals surface area (Å²) in [5, 5.41) is 11.1. The molecule has 3 heteroatoms. The molecule has 3 rings (SSSR count). The average Bonchev–Trinajstić information content (AvgIpc) is 3.08. The molecule has 0 unspecified atom stereocenters. The van der Waals surface area contributed by atoms with Gasteiger partial charge in [0, 0.05) is 23.2 Å². The molecule has 0 spiro atoms. The molecule has 0 aliphatic heterocycles. The molecule has 2 atom stereocenters. The van der Waals surface area contributed by atoms with Crippen LogP contribution in [0, 0.1) is 5.92 Å². The number of fused-ring (bicyclic) bond motifs is 1. The molecule has 1 aromatic carbocycles. The summed E-state index contributed by atoms with van der Waals surface area (Å²) in [5.41, 5.74) is 0.908. The smallest absolute Gasteiger partial charge is 0.307 e. The first-order valence-electron chi connectivity index (χ1n) is 5.33. The van der Waals surface area contributed by atoms with Gasteiger partial charge in [-0.2, -0.15) is 0 Å². The predicted octanol–water partition coefficient (Wildman–Crippen LogP) is 2.42. The minimum absolute atomic E-state index is 0.113. The van der Waals surface area contributed by atoms with Crippen molar-refractivity contribution in [3.05, 3.63) is 42.2 Å². The van der Waals surface area contributed by atoms with Crippen molar-refractivity contribution in [1.29, 1.82) is 0 Å². The molecule has 1 fully saturated rings. The van der Waals surface area contributed by atoms with Crippen LogP contribution in [0.1, 0.15) is 18.0 Å². The second-order valence-corrected chi connectivity index (χ2v) is 4.24. The number of benzene rings is 1. The molecular formula is C13H11NO2. The van der Waals surface area contributed by atoms with E-state index in [9.17, 15) is 4.79 Å². The van der Waals surface area contributed by atoms with Crippen molar-refractivity contribution in [1.82, 2.24) is 4.98 Å². The fourth-order valence-electron chi connectivity index (χ4n) is 2.10. The molecule has 1 aliphatic rings. The number of rotatable bonds is 2. The number of hydrogen-bond acceptors (Lipinski definition) is 2. The Morgan fingerprint density at radius 3 is 2.75 bits per heavy atom. The second kappa shape index (κ2) is 3.30. The number of nitrogens with zero attached hydrogens (tertiary/aromatic N) is 1. The molecule has 1 N–H and O–H groups in total. The Kier molecular flexibility index (Phi) is 1.93. The second-order valence-electron chi connectivity index (χ2n) is 4.24. The van der Waals surface area contributed by atoms with Gasteiger partial charge in [-0.15, -0.1) is 0 Å². The van der Waals surface area contributed by atoms with Crippen LogP contribution in [0.5, 0.6) is 0 Å². The molecule has 16 heavy (non-hydrogen) atoms. The lowest BCUT2D eigenvalue weighted by atomic mass is 10.1. The number of aromatic nitrogens is 1. The summed E-state index contributed by atoms with van der Waals surface area (Å²) >= 11 is 0. The van der Waals surface area contributed by atoms with Crippen LogP contribution in [-0.2, 0) is 4.79 Å². The number of carbonyl (C=O) groups is 1. The molecule has 0 amide bonds. The SMILES string of the molecule is O=C(O)[C@@H]1C[C@H]1c1cc2ccccc2cn1. The molecular weight excluding hydrogens is 202 g/mol. The van der Waals surface area contributed by atoms with Crippen molar-refractivity contribution in [2.75, 3.05) is 0 Å². The summed E-state index contributed by atoms with van der Waals surface area (Å²) in [5.74, 6) is -0.823. The van der Waals surface area contributed by atoms with E-state index in [0.717, 1.165) is 22.9 Å². The highest BCUT2D eigenvalue weighted by atomic mass is 16.4. The van der Waals surface area contributed by atoms with Crippen LogP contribution in [0.4, 0.5) is 0 Å². The van der Waals surface area contributed by atoms with Gasteiger partial charge in [0.15, 0.2) is 0 Å². The highest BCUT2D eigenvalue weighted by Gasteiger charge is 2.45. The largest absolute Gasteiger partial charge is 0.481 e. The van der Waals surface area contributed by atoms with Gasteiger partial charge < -0.3 is 5.11 Å². The number of pyridine rings is 1. The van der Waals surface area contributed by atoms with E-state index < -0.39 is 5.97 Å². The quantitative estimate of drug-likeness (QED) is 0.833. The highest BCUT2D eigenvalue weighted by Crippen LogP contribution is 2.47. The van der Waals surface area contributed by atoms with Crippen molar-refractivity contribution in [3.8, 4) is 0 Å². The van der Waals surface area contributed by atoms with Gasteiger partial charge >= 0.3 is 5.97 Å². The van der Waals surface area contributed by atoms with Crippen molar-refractivity contribution in [2.45, 2.75) is 12.3 Å². The number of carboxylic acids is 1. The van der Waals surface area contributed by atoms with Crippen LogP contribution in [0.2, 0.25) is 0 Å². The Labute approximate surface area is 92.7 Å². The van der Waals surface area contributed by atoms with Crippen LogP contribution in [0.25, 0.3) is 10.8 Å². The van der Waals surface area contributed by atoms with E-state index in [0.29, 0.717) is 0 Å². The predicted molar refractivity (Wildman–Crippen MR) is 60.2 cm³/mol. The van der Waals surface area contributed by atoms with Crippen molar-refractivity contribution < 1.29 is 9.90 Å². The van der Waals surface area contributed by atoms with E-state index in [-0.39, 0.29) is 11.8 Å². The lowest BCUT2D eigenvalue weighted by Gasteiger charge is -2.01. The maximum atomic E-state index is 10.8. The third-order valence-electron chi connectivity index (χ3n) is 3.14. The number of hydrogen-bond donors (Lipinski definition) is 1. The van der Waals surface area contributed by atoms with Gasteiger partial charge in [0.25, 0.3) is 0 Å². The van der Waals surface area contributed by atoms with Crippen molar-refractivity contribution in [2.24, 2.45) is 5.92 Å². The van der Waals surface area contributed by atoms with Crippen LogP contribution in [-0.4, -0.2) is 16.1 Å². The first-order chi connectivity index (χ1) is 7.75. The summed E-state index contributed by atoms with van der Waals surface area (Å²) in [6, 6.07) is 9.99. The van der Waals surface area contributed by atoms with E-state index in [4.69, 9.17) is 5.11 Å². The Morgan fingerprint density at radius 1 is 1.31 bits per heavy atom. The molecule has 0 bridgehead atoms. The minimum atomic E-state index is -0.708.